The van der Waals surface area contributed by atoms with Gasteiger partial charge in [0, 0.05) is 13.1 Å². The molecule has 1 fully saturated rings. The van der Waals surface area contributed by atoms with E-state index in [9.17, 15) is 28.8 Å². The number of nitrogens with one attached hydrogen (secondary N) is 2. The van der Waals surface area contributed by atoms with E-state index in [0.717, 1.165) is 4.90 Å². The number of amides is 6. The SMILES string of the molecule is CCN1C(=O)CC(=O)NC1=O.CCNC(N)=O.O=C(O)CC(=O)O. The number of hydrogen-bond donors (Lipinski definition) is 5. The lowest BCUT2D eigenvalue weighted by Crippen LogP contribution is -2.52. The van der Waals surface area contributed by atoms with E-state index in [1.54, 1.807) is 6.92 Å². The summed E-state index contributed by atoms with van der Waals surface area (Å²) in [6.45, 7) is 4.39. The maximum atomic E-state index is 10.9. The molecule has 0 aliphatic carbocycles. The predicted octanol–water partition coefficient (Wildman–Crippen LogP) is -1.30. The van der Waals surface area contributed by atoms with E-state index in [0.29, 0.717) is 13.1 Å². The third-order valence-corrected chi connectivity index (χ3v) is 2.07. The van der Waals surface area contributed by atoms with Crippen molar-refractivity contribution in [1.29, 1.82) is 0 Å². The van der Waals surface area contributed by atoms with Crippen LogP contribution in [-0.4, -0.2) is 64.0 Å². The Labute approximate surface area is 137 Å². The van der Waals surface area contributed by atoms with Crippen LogP contribution in [0.2, 0.25) is 0 Å². The maximum Gasteiger partial charge on any atom is 0.330 e. The van der Waals surface area contributed by atoms with E-state index in [1.165, 1.54) is 0 Å². The van der Waals surface area contributed by atoms with Gasteiger partial charge in [0.05, 0.1) is 0 Å². The second kappa shape index (κ2) is 12.4. The molecule has 1 rings (SSSR count). The second-order valence-corrected chi connectivity index (χ2v) is 4.03. The second-order valence-electron chi connectivity index (χ2n) is 4.03. The predicted molar refractivity (Wildman–Crippen MR) is 78.7 cm³/mol. The van der Waals surface area contributed by atoms with Crippen LogP contribution in [-0.2, 0) is 19.2 Å². The number of nitrogens with two attached hydrogens (primary N) is 1. The summed E-state index contributed by atoms with van der Waals surface area (Å²) in [5.41, 5.74) is 4.65. The van der Waals surface area contributed by atoms with Gasteiger partial charge in [0.2, 0.25) is 11.8 Å². The van der Waals surface area contributed by atoms with Crippen molar-refractivity contribution in [2.24, 2.45) is 5.73 Å². The highest BCUT2D eigenvalue weighted by molar-refractivity contribution is 6.14. The molecule has 1 aliphatic rings. The summed E-state index contributed by atoms with van der Waals surface area (Å²) in [5.74, 6) is -3.58. The van der Waals surface area contributed by atoms with Crippen molar-refractivity contribution in [3.63, 3.8) is 0 Å². The molecule has 0 spiro atoms. The highest BCUT2D eigenvalue weighted by Crippen LogP contribution is 2.00. The Kier molecular flexibility index (Phi) is 11.9. The zero-order valence-corrected chi connectivity index (χ0v) is 13.2. The number of barbiturate groups is 1. The average molecular weight is 348 g/mol. The van der Waals surface area contributed by atoms with Crippen molar-refractivity contribution >= 4 is 35.8 Å². The zero-order chi connectivity index (χ0) is 19.3. The van der Waals surface area contributed by atoms with E-state index in [1.807, 2.05) is 12.2 Å². The molecule has 1 heterocycles. The van der Waals surface area contributed by atoms with Crippen molar-refractivity contribution in [2.75, 3.05) is 13.1 Å². The number of carbonyl (C=O) groups is 6. The van der Waals surface area contributed by atoms with Gasteiger partial charge in [-0.15, -0.1) is 0 Å². The summed E-state index contributed by atoms with van der Waals surface area (Å²) in [6, 6.07) is -1.08. The van der Waals surface area contributed by atoms with Crippen molar-refractivity contribution in [3.05, 3.63) is 0 Å². The topological polar surface area (TPSA) is 196 Å². The number of imide groups is 2. The summed E-state index contributed by atoms with van der Waals surface area (Å²) in [6.07, 6.45) is -1.03. The lowest BCUT2D eigenvalue weighted by molar-refractivity contribution is -0.147. The van der Waals surface area contributed by atoms with Gasteiger partial charge in [-0.3, -0.25) is 29.4 Å². The molecular formula is C12H20N4O8. The van der Waals surface area contributed by atoms with Crippen LogP contribution in [0.3, 0.4) is 0 Å². The Balaban J connectivity index is 0. The van der Waals surface area contributed by atoms with Crippen LogP contribution < -0.4 is 16.4 Å². The number of urea groups is 2. The van der Waals surface area contributed by atoms with Gasteiger partial charge in [0.15, 0.2) is 0 Å². The van der Waals surface area contributed by atoms with Gasteiger partial charge in [-0.2, -0.15) is 0 Å². The number of primary amides is 1. The van der Waals surface area contributed by atoms with E-state index in [-0.39, 0.29) is 6.42 Å². The van der Waals surface area contributed by atoms with E-state index in [2.05, 4.69) is 11.1 Å². The number of carboxylic acid groups (broad SMARTS) is 2. The van der Waals surface area contributed by atoms with E-state index in [4.69, 9.17) is 10.2 Å². The van der Waals surface area contributed by atoms with E-state index >= 15 is 0 Å². The first-order valence-electron chi connectivity index (χ1n) is 6.66. The lowest BCUT2D eigenvalue weighted by atomic mass is 10.3. The van der Waals surface area contributed by atoms with Crippen LogP contribution >= 0.6 is 0 Å². The Morgan fingerprint density at radius 2 is 1.67 bits per heavy atom. The van der Waals surface area contributed by atoms with Gasteiger partial charge >= 0.3 is 24.0 Å². The number of carboxylic acids is 2. The van der Waals surface area contributed by atoms with Crippen molar-refractivity contribution in [3.8, 4) is 0 Å². The minimum absolute atomic E-state index is 0.223. The fourth-order valence-corrected chi connectivity index (χ4v) is 1.20. The summed E-state index contributed by atoms with van der Waals surface area (Å²) >= 11 is 0. The molecule has 136 valence electrons. The van der Waals surface area contributed by atoms with Gasteiger partial charge < -0.3 is 21.3 Å². The number of hydrogen-bond acceptors (Lipinski definition) is 6. The summed E-state index contributed by atoms with van der Waals surface area (Å²) in [5, 5.41) is 19.8. The quantitative estimate of drug-likeness (QED) is 0.386. The van der Waals surface area contributed by atoms with Gasteiger partial charge in [-0.1, -0.05) is 0 Å². The Morgan fingerprint density at radius 3 is 1.88 bits per heavy atom. The monoisotopic (exact) mass is 348 g/mol. The molecule has 0 radical (unpaired) electrons. The summed E-state index contributed by atoms with van der Waals surface area (Å²) in [7, 11) is 0. The van der Waals surface area contributed by atoms with E-state index < -0.39 is 42.2 Å². The molecule has 12 heteroatoms. The van der Waals surface area contributed by atoms with Gasteiger partial charge in [-0.25, -0.2) is 9.59 Å². The van der Waals surface area contributed by atoms with Crippen LogP contribution in [0.4, 0.5) is 9.59 Å². The smallest absolute Gasteiger partial charge is 0.330 e. The van der Waals surface area contributed by atoms with Gasteiger partial charge in [0.25, 0.3) is 0 Å². The molecule has 6 amide bonds. The highest BCUT2D eigenvalue weighted by Gasteiger charge is 2.28. The molecule has 0 saturated carbocycles. The normalized spacial score (nSPS) is 12.8. The molecule has 0 aromatic rings. The van der Waals surface area contributed by atoms with Crippen molar-refractivity contribution in [1.82, 2.24) is 15.5 Å². The molecule has 24 heavy (non-hydrogen) atoms. The first-order chi connectivity index (χ1) is 11.0. The highest BCUT2D eigenvalue weighted by atomic mass is 16.4. The molecule has 1 aliphatic heterocycles. The minimum atomic E-state index is -1.31. The fourth-order valence-electron chi connectivity index (χ4n) is 1.20. The van der Waals surface area contributed by atoms with Crippen LogP contribution in [0.1, 0.15) is 26.7 Å². The Morgan fingerprint density at radius 1 is 1.17 bits per heavy atom. The van der Waals surface area contributed by atoms with Crippen molar-refractivity contribution in [2.45, 2.75) is 26.7 Å². The van der Waals surface area contributed by atoms with Crippen LogP contribution in [0.15, 0.2) is 0 Å². The third-order valence-electron chi connectivity index (χ3n) is 2.07. The molecule has 0 aromatic carbocycles. The molecule has 0 unspecified atom stereocenters. The lowest BCUT2D eigenvalue weighted by Gasteiger charge is -2.22. The largest absolute Gasteiger partial charge is 0.481 e. The Hall–Kier alpha value is -3.18. The van der Waals surface area contributed by atoms with Gasteiger partial charge in [-0.05, 0) is 13.8 Å². The van der Waals surface area contributed by atoms with Crippen LogP contribution in [0.5, 0.6) is 0 Å². The standard InChI is InChI=1S/C6H8N2O3.C3H8N2O.C3H4O4/c1-2-8-5(10)3-4(9)7-6(8)11;1-2-5-3(4)6;4-2(5)1-3(6)7/h2-3H2,1H3,(H,7,9,11);2H2,1H3,(H3,4,5,6);1H2,(H,4,5)(H,6,7). The van der Waals surface area contributed by atoms with Crippen LogP contribution in [0.25, 0.3) is 0 Å². The third kappa shape index (κ3) is 12.6. The fraction of sp³-hybridized carbons (Fsp3) is 0.500. The molecule has 12 nitrogen and oxygen atoms in total. The number of carbonyl (C=O) groups excluding carboxylic acids is 4. The molecule has 6 N–H and O–H groups in total. The summed E-state index contributed by atoms with van der Waals surface area (Å²) in [4.78, 5) is 61.8. The average Bonchev–Trinajstić information content (AvgIpc) is 2.37. The maximum absolute atomic E-state index is 10.9. The van der Waals surface area contributed by atoms with Crippen LogP contribution in [0, 0.1) is 0 Å². The first kappa shape index (κ1) is 23.1. The molecular weight excluding hydrogens is 328 g/mol. The zero-order valence-electron chi connectivity index (χ0n) is 13.2. The number of rotatable bonds is 4. The molecule has 1 saturated heterocycles. The minimum Gasteiger partial charge on any atom is -0.481 e. The summed E-state index contributed by atoms with van der Waals surface area (Å²) < 4.78 is 0. The number of nitrogens with zero attached hydrogens (tertiary/aromatic N) is 1. The molecule has 0 bridgehead atoms. The molecule has 0 aromatic heterocycles. The Bertz CT molecular complexity index is 473. The molecule has 0 atom stereocenters. The van der Waals surface area contributed by atoms with Gasteiger partial charge in [0.1, 0.15) is 12.8 Å². The number of aliphatic carboxylic acids is 2. The van der Waals surface area contributed by atoms with Crippen molar-refractivity contribution < 1.29 is 39.0 Å². The first-order valence-corrected chi connectivity index (χ1v) is 6.66.